The molecule has 0 radical (unpaired) electrons. The number of unbranched alkanes of at least 4 members (excludes halogenated alkanes) is 1. The maximum Gasteiger partial charge on any atom is 0.152 e. The van der Waals surface area contributed by atoms with Crippen molar-refractivity contribution in [2.45, 2.75) is 39.2 Å². The van der Waals surface area contributed by atoms with Gasteiger partial charge in [-0.2, -0.15) is 0 Å². The Morgan fingerprint density at radius 2 is 2.12 bits per heavy atom. The van der Waals surface area contributed by atoms with E-state index in [1.807, 2.05) is 4.57 Å². The van der Waals surface area contributed by atoms with E-state index < -0.39 is 9.84 Å². The van der Waals surface area contributed by atoms with Crippen molar-refractivity contribution in [3.8, 4) is 0 Å². The van der Waals surface area contributed by atoms with E-state index in [1.165, 1.54) is 0 Å². The zero-order valence-corrected chi connectivity index (χ0v) is 10.3. The van der Waals surface area contributed by atoms with Gasteiger partial charge in [-0.15, -0.1) is 10.2 Å². The fourth-order valence-corrected chi connectivity index (χ4v) is 3.07. The molecule has 0 amide bonds. The zero-order valence-electron chi connectivity index (χ0n) is 9.52. The molecule has 0 N–H and O–H groups in total. The maximum absolute atomic E-state index is 11.5. The Morgan fingerprint density at radius 1 is 1.31 bits per heavy atom. The third kappa shape index (κ3) is 2.42. The van der Waals surface area contributed by atoms with Crippen molar-refractivity contribution in [1.29, 1.82) is 0 Å². The van der Waals surface area contributed by atoms with Gasteiger partial charge in [0.1, 0.15) is 11.6 Å². The third-order valence-corrected chi connectivity index (χ3v) is 4.55. The number of fused-ring (bicyclic) bond motifs is 1. The molecule has 1 aromatic rings. The molecule has 0 saturated carbocycles. The molecule has 0 spiro atoms. The maximum atomic E-state index is 11.5. The van der Waals surface area contributed by atoms with Crippen LogP contribution in [0.4, 0.5) is 0 Å². The van der Waals surface area contributed by atoms with Crippen molar-refractivity contribution in [3.05, 3.63) is 11.6 Å². The molecule has 0 aliphatic carbocycles. The van der Waals surface area contributed by atoms with Crippen molar-refractivity contribution >= 4 is 9.84 Å². The summed E-state index contributed by atoms with van der Waals surface area (Å²) in [7, 11) is -2.88. The highest BCUT2D eigenvalue weighted by Gasteiger charge is 2.21. The average molecular weight is 243 g/mol. The Morgan fingerprint density at radius 3 is 2.88 bits per heavy atom. The summed E-state index contributed by atoms with van der Waals surface area (Å²) in [5.74, 6) is 2.19. The third-order valence-electron chi connectivity index (χ3n) is 2.92. The minimum atomic E-state index is -2.88. The van der Waals surface area contributed by atoms with Crippen LogP contribution in [0.2, 0.25) is 0 Å². The summed E-state index contributed by atoms with van der Waals surface area (Å²) >= 11 is 0. The van der Waals surface area contributed by atoms with E-state index in [4.69, 9.17) is 0 Å². The SMILES string of the molecule is CCCCc1nnc2n1CCS(=O)(=O)CC2. The Bertz CT molecular complexity index is 464. The molecular weight excluding hydrogens is 226 g/mol. The van der Waals surface area contributed by atoms with Crippen LogP contribution in [0.1, 0.15) is 31.4 Å². The van der Waals surface area contributed by atoms with Crippen LogP contribution < -0.4 is 0 Å². The average Bonchev–Trinajstić information content (AvgIpc) is 2.56. The molecule has 90 valence electrons. The summed E-state index contributed by atoms with van der Waals surface area (Å²) in [5, 5.41) is 8.23. The first-order chi connectivity index (χ1) is 7.62. The summed E-state index contributed by atoms with van der Waals surface area (Å²) in [6, 6.07) is 0. The van der Waals surface area contributed by atoms with Gasteiger partial charge in [0.2, 0.25) is 0 Å². The molecule has 1 aromatic heterocycles. The number of aryl methyl sites for hydroxylation is 2. The van der Waals surface area contributed by atoms with Crippen LogP contribution >= 0.6 is 0 Å². The van der Waals surface area contributed by atoms with Crippen molar-refractivity contribution in [2.75, 3.05) is 11.5 Å². The standard InChI is InChI=1S/C10H17N3O2S/c1-2-3-4-9-11-12-10-5-7-16(14,15)8-6-13(9)10/h2-8H2,1H3. The molecule has 1 aliphatic rings. The van der Waals surface area contributed by atoms with E-state index in [0.29, 0.717) is 13.0 Å². The number of nitrogens with zero attached hydrogens (tertiary/aromatic N) is 3. The molecule has 2 heterocycles. The second-order valence-electron chi connectivity index (χ2n) is 4.19. The van der Waals surface area contributed by atoms with E-state index in [0.717, 1.165) is 30.9 Å². The quantitative estimate of drug-likeness (QED) is 0.779. The van der Waals surface area contributed by atoms with Crippen molar-refractivity contribution in [3.63, 3.8) is 0 Å². The van der Waals surface area contributed by atoms with Gasteiger partial charge in [-0.1, -0.05) is 13.3 Å². The van der Waals surface area contributed by atoms with Crippen LogP contribution in [0.5, 0.6) is 0 Å². The van der Waals surface area contributed by atoms with Crippen LogP contribution in [-0.4, -0.2) is 34.7 Å². The lowest BCUT2D eigenvalue weighted by molar-refractivity contribution is 0.590. The van der Waals surface area contributed by atoms with E-state index in [1.54, 1.807) is 0 Å². The topological polar surface area (TPSA) is 64.8 Å². The predicted octanol–water partition coefficient (Wildman–Crippen LogP) is 0.592. The van der Waals surface area contributed by atoms with Crippen LogP contribution in [0.3, 0.4) is 0 Å². The van der Waals surface area contributed by atoms with Crippen molar-refractivity contribution in [1.82, 2.24) is 14.8 Å². The number of aromatic nitrogens is 3. The minimum absolute atomic E-state index is 0.207. The highest BCUT2D eigenvalue weighted by molar-refractivity contribution is 7.91. The van der Waals surface area contributed by atoms with Gasteiger partial charge in [-0.05, 0) is 6.42 Å². The van der Waals surface area contributed by atoms with Crippen LogP contribution in [0.15, 0.2) is 0 Å². The fourth-order valence-electron chi connectivity index (χ4n) is 1.91. The van der Waals surface area contributed by atoms with E-state index in [2.05, 4.69) is 17.1 Å². The molecule has 0 aromatic carbocycles. The lowest BCUT2D eigenvalue weighted by atomic mass is 10.2. The van der Waals surface area contributed by atoms with E-state index in [9.17, 15) is 8.42 Å². The second kappa shape index (κ2) is 4.53. The van der Waals surface area contributed by atoms with Gasteiger partial charge in [0.25, 0.3) is 0 Å². The first-order valence-corrected chi connectivity index (χ1v) is 7.56. The Balaban J connectivity index is 2.20. The van der Waals surface area contributed by atoms with Crippen LogP contribution in [0, 0.1) is 0 Å². The lowest BCUT2D eigenvalue weighted by Gasteiger charge is -2.05. The van der Waals surface area contributed by atoms with Crippen LogP contribution in [-0.2, 0) is 29.2 Å². The van der Waals surface area contributed by atoms with Gasteiger partial charge in [0.05, 0.1) is 11.5 Å². The normalized spacial score (nSPS) is 19.1. The Hall–Kier alpha value is -0.910. The zero-order chi connectivity index (χ0) is 11.6. The highest BCUT2D eigenvalue weighted by Crippen LogP contribution is 2.12. The minimum Gasteiger partial charge on any atom is -0.314 e. The highest BCUT2D eigenvalue weighted by atomic mass is 32.2. The van der Waals surface area contributed by atoms with Gasteiger partial charge < -0.3 is 4.57 Å². The smallest absolute Gasteiger partial charge is 0.152 e. The van der Waals surface area contributed by atoms with Crippen molar-refractivity contribution in [2.24, 2.45) is 0 Å². The molecule has 5 nitrogen and oxygen atoms in total. The molecule has 6 heteroatoms. The van der Waals surface area contributed by atoms with Gasteiger partial charge >= 0.3 is 0 Å². The first kappa shape index (κ1) is 11.6. The fraction of sp³-hybridized carbons (Fsp3) is 0.800. The monoisotopic (exact) mass is 243 g/mol. The summed E-state index contributed by atoms with van der Waals surface area (Å²) in [6.45, 7) is 2.65. The Kier molecular flexibility index (Phi) is 3.28. The number of sulfone groups is 1. The van der Waals surface area contributed by atoms with Gasteiger partial charge in [-0.25, -0.2) is 8.42 Å². The largest absolute Gasteiger partial charge is 0.314 e. The molecule has 0 fully saturated rings. The van der Waals surface area contributed by atoms with Gasteiger partial charge in [0.15, 0.2) is 9.84 Å². The van der Waals surface area contributed by atoms with Crippen LogP contribution in [0.25, 0.3) is 0 Å². The molecule has 0 bridgehead atoms. The Labute approximate surface area is 95.8 Å². The second-order valence-corrected chi connectivity index (χ2v) is 6.49. The molecule has 1 aliphatic heterocycles. The molecule has 16 heavy (non-hydrogen) atoms. The van der Waals surface area contributed by atoms with Gasteiger partial charge in [0, 0.05) is 19.4 Å². The number of rotatable bonds is 3. The molecular formula is C10H17N3O2S. The molecule has 0 atom stereocenters. The van der Waals surface area contributed by atoms with Gasteiger partial charge in [-0.3, -0.25) is 0 Å². The lowest BCUT2D eigenvalue weighted by Crippen LogP contribution is -2.13. The number of hydrogen-bond acceptors (Lipinski definition) is 4. The number of hydrogen-bond donors (Lipinski definition) is 0. The first-order valence-electron chi connectivity index (χ1n) is 5.74. The van der Waals surface area contributed by atoms with E-state index in [-0.39, 0.29) is 11.5 Å². The molecule has 0 saturated heterocycles. The predicted molar refractivity (Wildman–Crippen MR) is 61.0 cm³/mol. The van der Waals surface area contributed by atoms with E-state index >= 15 is 0 Å². The summed E-state index contributed by atoms with van der Waals surface area (Å²) in [4.78, 5) is 0. The van der Waals surface area contributed by atoms with Crippen molar-refractivity contribution < 1.29 is 8.42 Å². The summed E-state index contributed by atoms with van der Waals surface area (Å²) in [5.41, 5.74) is 0. The summed E-state index contributed by atoms with van der Waals surface area (Å²) in [6.07, 6.45) is 3.58. The molecule has 0 unspecified atom stereocenters. The summed E-state index contributed by atoms with van der Waals surface area (Å²) < 4.78 is 25.0. The molecule has 2 rings (SSSR count).